The Labute approximate surface area is 154 Å². The Morgan fingerprint density at radius 1 is 1.27 bits per heavy atom. The molecule has 26 heavy (non-hydrogen) atoms. The van der Waals surface area contributed by atoms with Crippen LogP contribution < -0.4 is 4.74 Å². The molecule has 0 amide bonds. The number of halogens is 1. The predicted molar refractivity (Wildman–Crippen MR) is 93.8 cm³/mol. The molecule has 1 atom stereocenters. The zero-order valence-electron chi connectivity index (χ0n) is 13.9. The van der Waals surface area contributed by atoms with E-state index in [-0.39, 0.29) is 12.5 Å². The van der Waals surface area contributed by atoms with Gasteiger partial charge >= 0.3 is 5.97 Å². The molecule has 0 fully saturated rings. The number of nitrogens with zero attached hydrogens (tertiary/aromatic N) is 2. The molecule has 0 spiro atoms. The highest BCUT2D eigenvalue weighted by Crippen LogP contribution is 2.31. The number of aryl methyl sites for hydroxylation is 1. The molecule has 1 aliphatic rings. The van der Waals surface area contributed by atoms with Crippen LogP contribution in [0.2, 0.25) is 5.02 Å². The van der Waals surface area contributed by atoms with E-state index >= 15 is 0 Å². The Morgan fingerprint density at radius 3 is 2.88 bits per heavy atom. The van der Waals surface area contributed by atoms with Crippen LogP contribution in [0.25, 0.3) is 11.4 Å². The smallest absolute Gasteiger partial charge is 0.348 e. The third kappa shape index (κ3) is 3.41. The number of fused-ring (bicyclic) bond motifs is 1. The van der Waals surface area contributed by atoms with Gasteiger partial charge in [0, 0.05) is 17.0 Å². The maximum absolute atomic E-state index is 12.2. The fourth-order valence-corrected chi connectivity index (χ4v) is 2.90. The van der Waals surface area contributed by atoms with Gasteiger partial charge in [-0.3, -0.25) is 0 Å². The van der Waals surface area contributed by atoms with Crippen molar-refractivity contribution in [2.45, 2.75) is 26.1 Å². The second kappa shape index (κ2) is 6.80. The fourth-order valence-electron chi connectivity index (χ4n) is 2.71. The summed E-state index contributed by atoms with van der Waals surface area (Å²) in [7, 11) is 0. The monoisotopic (exact) mass is 370 g/mol. The van der Waals surface area contributed by atoms with Crippen LogP contribution in [0.3, 0.4) is 0 Å². The Balaban J connectivity index is 1.36. The number of rotatable bonds is 4. The lowest BCUT2D eigenvalue weighted by Gasteiger charge is -2.08. The average Bonchev–Trinajstić information content (AvgIpc) is 3.27. The molecule has 132 valence electrons. The van der Waals surface area contributed by atoms with Gasteiger partial charge in [0.1, 0.15) is 5.75 Å². The number of hydrogen-bond donors (Lipinski definition) is 0. The van der Waals surface area contributed by atoms with Crippen LogP contribution in [0.4, 0.5) is 0 Å². The molecule has 0 aliphatic carbocycles. The summed E-state index contributed by atoms with van der Waals surface area (Å²) in [5.41, 5.74) is 2.87. The second-order valence-electron chi connectivity index (χ2n) is 6.05. The summed E-state index contributed by atoms with van der Waals surface area (Å²) in [5.74, 6) is 0.853. The van der Waals surface area contributed by atoms with E-state index in [0.29, 0.717) is 23.0 Å². The van der Waals surface area contributed by atoms with Crippen molar-refractivity contribution in [1.82, 2.24) is 10.1 Å². The van der Waals surface area contributed by atoms with Crippen molar-refractivity contribution < 1.29 is 18.8 Å². The molecule has 2 aromatic carbocycles. The Bertz CT molecular complexity index is 952. The number of benzene rings is 2. The molecule has 1 aromatic heterocycles. The topological polar surface area (TPSA) is 74.5 Å². The van der Waals surface area contributed by atoms with Gasteiger partial charge in [0.15, 0.2) is 12.7 Å². The number of ether oxygens (including phenoxy) is 2. The molecule has 0 bridgehead atoms. The van der Waals surface area contributed by atoms with Crippen LogP contribution in [0, 0.1) is 6.92 Å². The van der Waals surface area contributed by atoms with Gasteiger partial charge in [-0.1, -0.05) is 46.6 Å². The summed E-state index contributed by atoms with van der Waals surface area (Å²) in [6, 6.07) is 13.0. The van der Waals surface area contributed by atoms with Crippen molar-refractivity contribution in [3.8, 4) is 17.1 Å². The Kier molecular flexibility index (Phi) is 4.34. The van der Waals surface area contributed by atoms with Gasteiger partial charge in [-0.25, -0.2) is 4.79 Å². The molecule has 1 unspecified atom stereocenters. The Hall–Kier alpha value is -2.86. The van der Waals surface area contributed by atoms with Crippen LogP contribution in [0.15, 0.2) is 47.0 Å². The number of hydrogen-bond acceptors (Lipinski definition) is 6. The lowest BCUT2D eigenvalue weighted by molar-refractivity contribution is -0.153. The molecule has 0 saturated carbocycles. The molecule has 0 saturated heterocycles. The minimum Gasteiger partial charge on any atom is -0.478 e. The normalized spacial score (nSPS) is 15.4. The molecule has 0 N–H and O–H groups in total. The van der Waals surface area contributed by atoms with E-state index in [9.17, 15) is 4.79 Å². The highest BCUT2D eigenvalue weighted by atomic mass is 35.5. The summed E-state index contributed by atoms with van der Waals surface area (Å²) in [4.78, 5) is 16.5. The van der Waals surface area contributed by atoms with Gasteiger partial charge in [-0.2, -0.15) is 4.98 Å². The van der Waals surface area contributed by atoms with E-state index in [0.717, 1.165) is 16.7 Å². The van der Waals surface area contributed by atoms with Gasteiger partial charge in [0.05, 0.1) is 0 Å². The quantitative estimate of drug-likeness (QED) is 0.651. The summed E-state index contributed by atoms with van der Waals surface area (Å²) < 4.78 is 16.0. The molecule has 3 aromatic rings. The van der Waals surface area contributed by atoms with E-state index in [4.69, 9.17) is 25.6 Å². The fraction of sp³-hybridized carbons (Fsp3) is 0.211. The maximum Gasteiger partial charge on any atom is 0.348 e. The van der Waals surface area contributed by atoms with Gasteiger partial charge in [0.2, 0.25) is 5.82 Å². The zero-order valence-corrected chi connectivity index (χ0v) is 14.7. The molecular weight excluding hydrogens is 356 g/mol. The van der Waals surface area contributed by atoms with Crippen molar-refractivity contribution in [2.24, 2.45) is 0 Å². The predicted octanol–water partition coefficient (Wildman–Crippen LogP) is 3.75. The third-order valence-electron chi connectivity index (χ3n) is 4.08. The largest absolute Gasteiger partial charge is 0.478 e. The van der Waals surface area contributed by atoms with Crippen LogP contribution >= 0.6 is 11.6 Å². The summed E-state index contributed by atoms with van der Waals surface area (Å²) in [6.07, 6.45) is -0.268. The number of carbonyl (C=O) groups is 1. The molecule has 1 aliphatic heterocycles. The molecular formula is C19H15ClN2O4. The van der Waals surface area contributed by atoms with Crippen molar-refractivity contribution in [3.63, 3.8) is 0 Å². The van der Waals surface area contributed by atoms with Gasteiger partial charge in [-0.05, 0) is 30.7 Å². The highest BCUT2D eigenvalue weighted by molar-refractivity contribution is 6.30. The summed E-state index contributed by atoms with van der Waals surface area (Å²) in [6.45, 7) is 1.90. The minimum atomic E-state index is -0.692. The molecule has 6 nitrogen and oxygen atoms in total. The van der Waals surface area contributed by atoms with Crippen LogP contribution in [0.5, 0.6) is 5.75 Å². The van der Waals surface area contributed by atoms with E-state index < -0.39 is 12.1 Å². The number of esters is 1. The van der Waals surface area contributed by atoms with E-state index in [1.807, 2.05) is 31.2 Å². The van der Waals surface area contributed by atoms with Crippen LogP contribution in [0.1, 0.15) is 17.0 Å². The first-order valence-electron chi connectivity index (χ1n) is 8.10. The molecule has 0 radical (unpaired) electrons. The van der Waals surface area contributed by atoms with Crippen molar-refractivity contribution in [1.29, 1.82) is 0 Å². The summed E-state index contributed by atoms with van der Waals surface area (Å²) in [5, 5.41) is 4.52. The van der Waals surface area contributed by atoms with Gasteiger partial charge < -0.3 is 14.0 Å². The highest BCUT2D eigenvalue weighted by Gasteiger charge is 2.31. The zero-order chi connectivity index (χ0) is 18.1. The average molecular weight is 371 g/mol. The van der Waals surface area contributed by atoms with Gasteiger partial charge in [0.25, 0.3) is 5.89 Å². The lowest BCUT2D eigenvalue weighted by Crippen LogP contribution is -2.27. The van der Waals surface area contributed by atoms with E-state index in [1.54, 1.807) is 18.2 Å². The maximum atomic E-state index is 12.2. The molecule has 7 heteroatoms. The first-order chi connectivity index (χ1) is 12.6. The van der Waals surface area contributed by atoms with Crippen molar-refractivity contribution >= 4 is 17.6 Å². The first kappa shape index (κ1) is 16.6. The van der Waals surface area contributed by atoms with Gasteiger partial charge in [-0.15, -0.1) is 0 Å². The lowest BCUT2D eigenvalue weighted by atomic mass is 10.1. The first-order valence-corrected chi connectivity index (χ1v) is 8.47. The standard InChI is InChI=1S/C19H15ClN2O4/c1-11-2-4-12(5-3-11)18-21-17(26-22-18)10-24-19(23)16-9-13-8-14(20)6-7-15(13)25-16/h2-8,16H,9-10H2,1H3. The third-order valence-corrected chi connectivity index (χ3v) is 4.31. The number of aromatic nitrogens is 2. The second-order valence-corrected chi connectivity index (χ2v) is 6.48. The van der Waals surface area contributed by atoms with Crippen LogP contribution in [-0.4, -0.2) is 22.2 Å². The summed E-state index contributed by atoms with van der Waals surface area (Å²) >= 11 is 5.95. The molecule has 4 rings (SSSR count). The van der Waals surface area contributed by atoms with Crippen LogP contribution in [-0.2, 0) is 22.6 Å². The SMILES string of the molecule is Cc1ccc(-c2noc(COC(=O)C3Cc4cc(Cl)ccc4O3)n2)cc1. The molecule has 2 heterocycles. The van der Waals surface area contributed by atoms with Crippen molar-refractivity contribution in [2.75, 3.05) is 0 Å². The van der Waals surface area contributed by atoms with Crippen molar-refractivity contribution in [3.05, 3.63) is 64.5 Å². The van der Waals surface area contributed by atoms with E-state index in [2.05, 4.69) is 10.1 Å². The Morgan fingerprint density at radius 2 is 2.08 bits per heavy atom. The minimum absolute atomic E-state index is 0.103. The number of carbonyl (C=O) groups excluding carboxylic acids is 1. The van der Waals surface area contributed by atoms with E-state index in [1.165, 1.54) is 0 Å².